The minimum absolute atomic E-state index is 0.121. The Balaban J connectivity index is 1.57. The number of rotatable bonds is 5. The lowest BCUT2D eigenvalue weighted by Crippen LogP contribution is -2.29. The predicted molar refractivity (Wildman–Crippen MR) is 92.1 cm³/mol. The van der Waals surface area contributed by atoms with Crippen LogP contribution in [-0.2, 0) is 14.3 Å². The normalized spacial score (nSPS) is 13.4. The van der Waals surface area contributed by atoms with Crippen LogP contribution < -0.4 is 14.8 Å². The Kier molecular flexibility index (Phi) is 5.53. The summed E-state index contributed by atoms with van der Waals surface area (Å²) in [6.45, 7) is 1.37. The van der Waals surface area contributed by atoms with E-state index < -0.39 is 41.1 Å². The second-order valence-corrected chi connectivity index (χ2v) is 5.74. The summed E-state index contributed by atoms with van der Waals surface area (Å²) < 4.78 is 55.0. The fourth-order valence-corrected chi connectivity index (χ4v) is 2.30. The Bertz CT molecular complexity index is 961. The smallest absolute Gasteiger partial charge is 0.331 e. The number of carbonyl (C=O) groups is 2. The fourth-order valence-electron chi connectivity index (χ4n) is 2.30. The standard InChI is InChI=1S/C19H14F3NO5/c1-10(19(25)23-13-5-4-12(20)17(21)18(13)22)28-16(24)7-3-11-2-6-14-15(8-11)27-9-26-14/h2-8,10H,9H2,1H3,(H,23,25)/b7-3+/t10-/m1/s1. The van der Waals surface area contributed by atoms with E-state index in [1.807, 2.05) is 5.32 Å². The van der Waals surface area contributed by atoms with Gasteiger partial charge < -0.3 is 19.5 Å². The number of fused-ring (bicyclic) bond motifs is 1. The van der Waals surface area contributed by atoms with Crippen LogP contribution in [0.3, 0.4) is 0 Å². The van der Waals surface area contributed by atoms with Gasteiger partial charge in [0.15, 0.2) is 35.1 Å². The van der Waals surface area contributed by atoms with E-state index in [0.29, 0.717) is 23.1 Å². The Morgan fingerprint density at radius 2 is 1.86 bits per heavy atom. The number of hydrogen-bond acceptors (Lipinski definition) is 5. The minimum Gasteiger partial charge on any atom is -0.454 e. The summed E-state index contributed by atoms with van der Waals surface area (Å²) >= 11 is 0. The molecule has 0 unspecified atom stereocenters. The summed E-state index contributed by atoms with van der Waals surface area (Å²) in [5, 5.41) is 2.03. The van der Waals surface area contributed by atoms with Crippen molar-refractivity contribution < 1.29 is 37.0 Å². The Morgan fingerprint density at radius 3 is 2.64 bits per heavy atom. The lowest BCUT2D eigenvalue weighted by atomic mass is 10.2. The molecule has 1 aliphatic rings. The molecule has 6 nitrogen and oxygen atoms in total. The molecule has 1 atom stereocenters. The van der Waals surface area contributed by atoms with E-state index in [2.05, 4.69) is 0 Å². The molecule has 2 aromatic carbocycles. The molecule has 1 amide bonds. The van der Waals surface area contributed by atoms with Crippen molar-refractivity contribution in [3.05, 3.63) is 59.4 Å². The van der Waals surface area contributed by atoms with Gasteiger partial charge >= 0.3 is 5.97 Å². The zero-order valence-electron chi connectivity index (χ0n) is 14.5. The van der Waals surface area contributed by atoms with Crippen LogP contribution >= 0.6 is 0 Å². The Hall–Kier alpha value is -3.49. The molecule has 0 spiro atoms. The van der Waals surface area contributed by atoms with Gasteiger partial charge in [-0.05, 0) is 42.8 Å². The summed E-state index contributed by atoms with van der Waals surface area (Å²) in [5.41, 5.74) is 0.0739. The van der Waals surface area contributed by atoms with Gasteiger partial charge in [-0.2, -0.15) is 0 Å². The first-order valence-electron chi connectivity index (χ1n) is 8.08. The SMILES string of the molecule is C[C@@H](OC(=O)/C=C/c1ccc2c(c1)OCO2)C(=O)Nc1ccc(F)c(F)c1F. The van der Waals surface area contributed by atoms with Gasteiger partial charge in [0.05, 0.1) is 5.69 Å². The average molecular weight is 393 g/mol. The van der Waals surface area contributed by atoms with Crippen molar-refractivity contribution >= 4 is 23.6 Å². The summed E-state index contributed by atoms with van der Waals surface area (Å²) in [6, 6.07) is 6.56. The number of nitrogens with one attached hydrogen (secondary N) is 1. The van der Waals surface area contributed by atoms with Gasteiger partial charge in [0, 0.05) is 6.08 Å². The van der Waals surface area contributed by atoms with E-state index in [1.54, 1.807) is 18.2 Å². The molecule has 0 saturated heterocycles. The number of halogens is 3. The van der Waals surface area contributed by atoms with Crippen LogP contribution in [0.25, 0.3) is 6.08 Å². The highest BCUT2D eigenvalue weighted by Gasteiger charge is 2.20. The van der Waals surface area contributed by atoms with Gasteiger partial charge in [-0.25, -0.2) is 18.0 Å². The molecule has 2 aromatic rings. The molecule has 0 saturated carbocycles. The maximum Gasteiger partial charge on any atom is 0.331 e. The molecule has 1 aliphatic heterocycles. The summed E-state index contributed by atoms with van der Waals surface area (Å²) in [4.78, 5) is 23.8. The number of esters is 1. The van der Waals surface area contributed by atoms with Gasteiger partial charge in [0.25, 0.3) is 5.91 Å². The van der Waals surface area contributed by atoms with E-state index in [0.717, 1.165) is 12.1 Å². The quantitative estimate of drug-likeness (QED) is 0.479. The molecule has 0 bridgehead atoms. The van der Waals surface area contributed by atoms with Crippen LogP contribution in [-0.4, -0.2) is 24.8 Å². The first kappa shape index (κ1) is 19.3. The van der Waals surface area contributed by atoms with E-state index in [9.17, 15) is 22.8 Å². The van der Waals surface area contributed by atoms with E-state index in [1.165, 1.54) is 13.0 Å². The predicted octanol–water partition coefficient (Wildman–Crippen LogP) is 3.42. The van der Waals surface area contributed by atoms with Crippen molar-refractivity contribution in [1.29, 1.82) is 0 Å². The second kappa shape index (κ2) is 8.03. The van der Waals surface area contributed by atoms with Crippen LogP contribution in [0.5, 0.6) is 11.5 Å². The minimum atomic E-state index is -1.71. The van der Waals surface area contributed by atoms with Crippen molar-refractivity contribution in [2.75, 3.05) is 12.1 Å². The third kappa shape index (κ3) is 4.25. The Labute approximate surface area is 157 Å². The molecule has 9 heteroatoms. The molecule has 1 N–H and O–H groups in total. The summed E-state index contributed by atoms with van der Waals surface area (Å²) in [6.07, 6.45) is 1.24. The molecular formula is C19H14F3NO5. The van der Waals surface area contributed by atoms with Gasteiger partial charge in [0.2, 0.25) is 6.79 Å². The molecule has 28 heavy (non-hydrogen) atoms. The van der Waals surface area contributed by atoms with Gasteiger partial charge in [-0.1, -0.05) is 6.07 Å². The average Bonchev–Trinajstić information content (AvgIpc) is 3.14. The second-order valence-electron chi connectivity index (χ2n) is 5.74. The third-order valence-electron chi connectivity index (χ3n) is 3.76. The molecule has 146 valence electrons. The summed E-state index contributed by atoms with van der Waals surface area (Å²) in [5.74, 6) is -5.25. The highest BCUT2D eigenvalue weighted by Crippen LogP contribution is 2.32. The summed E-state index contributed by atoms with van der Waals surface area (Å²) in [7, 11) is 0. The van der Waals surface area contributed by atoms with Gasteiger partial charge in [-0.15, -0.1) is 0 Å². The largest absolute Gasteiger partial charge is 0.454 e. The highest BCUT2D eigenvalue weighted by molar-refractivity contribution is 5.96. The molecule has 0 aromatic heterocycles. The molecule has 0 aliphatic carbocycles. The number of carbonyl (C=O) groups excluding carboxylic acids is 2. The van der Waals surface area contributed by atoms with Gasteiger partial charge in [-0.3, -0.25) is 4.79 Å². The highest BCUT2D eigenvalue weighted by atomic mass is 19.2. The molecule has 1 heterocycles. The first-order valence-corrected chi connectivity index (χ1v) is 8.08. The van der Waals surface area contributed by atoms with Crippen molar-refractivity contribution in [2.45, 2.75) is 13.0 Å². The maximum absolute atomic E-state index is 13.6. The van der Waals surface area contributed by atoms with E-state index in [-0.39, 0.29) is 6.79 Å². The lowest BCUT2D eigenvalue weighted by Gasteiger charge is -2.13. The zero-order chi connectivity index (χ0) is 20.3. The van der Waals surface area contributed by atoms with Crippen LogP contribution in [0.1, 0.15) is 12.5 Å². The van der Waals surface area contributed by atoms with Crippen LogP contribution in [0.2, 0.25) is 0 Å². The van der Waals surface area contributed by atoms with Crippen LogP contribution in [0.4, 0.5) is 18.9 Å². The monoisotopic (exact) mass is 393 g/mol. The van der Waals surface area contributed by atoms with E-state index in [4.69, 9.17) is 14.2 Å². The van der Waals surface area contributed by atoms with Crippen molar-refractivity contribution in [1.82, 2.24) is 0 Å². The van der Waals surface area contributed by atoms with Gasteiger partial charge in [0.1, 0.15) is 0 Å². The number of benzene rings is 2. The van der Waals surface area contributed by atoms with Crippen molar-refractivity contribution in [3.8, 4) is 11.5 Å². The number of hydrogen-bond donors (Lipinski definition) is 1. The molecular weight excluding hydrogens is 379 g/mol. The number of ether oxygens (including phenoxy) is 3. The third-order valence-corrected chi connectivity index (χ3v) is 3.76. The molecule has 0 fully saturated rings. The molecule has 0 radical (unpaired) electrons. The number of anilines is 1. The van der Waals surface area contributed by atoms with Crippen molar-refractivity contribution in [2.24, 2.45) is 0 Å². The lowest BCUT2D eigenvalue weighted by molar-refractivity contribution is -0.148. The zero-order valence-corrected chi connectivity index (χ0v) is 14.5. The van der Waals surface area contributed by atoms with Crippen LogP contribution in [0.15, 0.2) is 36.4 Å². The molecule has 3 rings (SSSR count). The Morgan fingerprint density at radius 1 is 1.11 bits per heavy atom. The van der Waals surface area contributed by atoms with Crippen molar-refractivity contribution in [3.63, 3.8) is 0 Å². The topological polar surface area (TPSA) is 73.9 Å². The maximum atomic E-state index is 13.6. The fraction of sp³-hybridized carbons (Fsp3) is 0.158. The first-order chi connectivity index (χ1) is 13.3. The van der Waals surface area contributed by atoms with E-state index >= 15 is 0 Å². The van der Waals surface area contributed by atoms with Crippen LogP contribution in [0, 0.1) is 17.5 Å². The number of amides is 1.